The molecule has 9 heteroatoms. The Morgan fingerprint density at radius 3 is 2.90 bits per heavy atom. The van der Waals surface area contributed by atoms with Gasteiger partial charge in [0.1, 0.15) is 29.7 Å². The van der Waals surface area contributed by atoms with Crippen molar-refractivity contribution in [2.45, 2.75) is 36.9 Å². The molecule has 2 aliphatic heterocycles. The molecule has 0 bridgehead atoms. The van der Waals surface area contributed by atoms with Crippen molar-refractivity contribution in [3.05, 3.63) is 57.3 Å². The minimum absolute atomic E-state index is 0.0151. The number of hydrogen-bond donors (Lipinski definition) is 2. The van der Waals surface area contributed by atoms with Crippen molar-refractivity contribution in [1.82, 2.24) is 10.3 Å². The van der Waals surface area contributed by atoms with Gasteiger partial charge in [-0.3, -0.25) is 4.79 Å². The molecule has 7 nitrogen and oxygen atoms in total. The van der Waals surface area contributed by atoms with E-state index in [0.29, 0.717) is 23.7 Å². The van der Waals surface area contributed by atoms with E-state index >= 15 is 0 Å². The lowest BCUT2D eigenvalue weighted by atomic mass is 9.67. The summed E-state index contributed by atoms with van der Waals surface area (Å²) in [5, 5.41) is 3.61. The van der Waals surface area contributed by atoms with Crippen LogP contribution in [0.15, 0.2) is 46.0 Å². The number of hydrogen-bond acceptors (Lipinski definition) is 6. The van der Waals surface area contributed by atoms with E-state index in [9.17, 15) is 4.79 Å². The minimum atomic E-state index is -0.617. The number of nitrogens with one attached hydrogen (secondary N) is 1. The predicted molar refractivity (Wildman–Crippen MR) is 116 cm³/mol. The summed E-state index contributed by atoms with van der Waals surface area (Å²) in [4.78, 5) is 21.5. The molecule has 1 spiro atoms. The van der Waals surface area contributed by atoms with E-state index in [1.807, 2.05) is 18.2 Å². The highest BCUT2D eigenvalue weighted by atomic mass is 79.9. The molecule has 1 aliphatic carbocycles. The zero-order chi connectivity index (χ0) is 20.9. The van der Waals surface area contributed by atoms with Gasteiger partial charge in [0.25, 0.3) is 11.9 Å². The van der Waals surface area contributed by atoms with E-state index in [0.717, 1.165) is 28.6 Å². The molecule has 0 unspecified atom stereocenters. The summed E-state index contributed by atoms with van der Waals surface area (Å²) >= 11 is 9.42. The third-order valence-electron chi connectivity index (χ3n) is 6.13. The lowest BCUT2D eigenvalue weighted by Crippen LogP contribution is -2.54. The fourth-order valence-corrected chi connectivity index (χ4v) is 5.24. The van der Waals surface area contributed by atoms with Crippen molar-refractivity contribution >= 4 is 39.5 Å². The Bertz CT molecular complexity index is 1030. The number of pyridine rings is 1. The number of carbonyl (C=O) groups is 1. The van der Waals surface area contributed by atoms with Gasteiger partial charge in [-0.2, -0.15) is 0 Å². The topological polar surface area (TPSA) is 98.8 Å². The van der Waals surface area contributed by atoms with Crippen LogP contribution in [0.25, 0.3) is 0 Å². The lowest BCUT2D eigenvalue weighted by molar-refractivity contribution is -0.00194. The standard InChI is InChI=1S/C21H20BrClN4O3/c22-11-1-5-17-14(7-11)21(10-29-20(24)27-21)15-8-13(3-6-18(15)30-17)26-19(28)16-4-2-12(23)9-25-16/h1-2,4-5,7,9,13,15,18H,3,6,8,10H2,(H2,24,27)(H,26,28)/t13-,15+,18+,21+/m1/s1. The van der Waals surface area contributed by atoms with E-state index in [-0.39, 0.29) is 30.0 Å². The number of ether oxygens (including phenoxy) is 2. The molecule has 1 saturated carbocycles. The Morgan fingerprint density at radius 2 is 2.17 bits per heavy atom. The van der Waals surface area contributed by atoms with Crippen LogP contribution in [0.1, 0.15) is 35.3 Å². The van der Waals surface area contributed by atoms with Gasteiger partial charge >= 0.3 is 0 Å². The second-order valence-electron chi connectivity index (χ2n) is 7.91. The van der Waals surface area contributed by atoms with Gasteiger partial charge in [0, 0.05) is 28.2 Å². The molecule has 30 heavy (non-hydrogen) atoms. The number of aliphatic imine (C=N–C) groups is 1. The average Bonchev–Trinajstić information content (AvgIpc) is 3.12. The first-order chi connectivity index (χ1) is 14.4. The van der Waals surface area contributed by atoms with Gasteiger partial charge in [-0.25, -0.2) is 9.98 Å². The van der Waals surface area contributed by atoms with Crippen molar-refractivity contribution in [3.8, 4) is 5.75 Å². The van der Waals surface area contributed by atoms with Crippen LogP contribution in [-0.4, -0.2) is 35.7 Å². The molecule has 4 atom stereocenters. The lowest BCUT2D eigenvalue weighted by Gasteiger charge is -2.48. The number of benzene rings is 1. The van der Waals surface area contributed by atoms with Crippen molar-refractivity contribution < 1.29 is 14.3 Å². The summed E-state index contributed by atoms with van der Waals surface area (Å²) in [5.74, 6) is 0.627. The highest BCUT2D eigenvalue weighted by Gasteiger charge is 2.55. The smallest absolute Gasteiger partial charge is 0.283 e. The maximum atomic E-state index is 12.7. The molecular weight excluding hydrogens is 472 g/mol. The number of carbonyl (C=O) groups excluding carboxylic acids is 1. The maximum Gasteiger partial charge on any atom is 0.283 e. The molecule has 2 aromatic rings. The normalized spacial score (nSPS) is 29.3. The molecule has 5 rings (SSSR count). The van der Waals surface area contributed by atoms with Crippen LogP contribution in [0.5, 0.6) is 5.75 Å². The summed E-state index contributed by atoms with van der Waals surface area (Å²) in [6, 6.07) is 9.39. The van der Waals surface area contributed by atoms with Crippen LogP contribution < -0.4 is 15.8 Å². The first kappa shape index (κ1) is 19.6. The van der Waals surface area contributed by atoms with Gasteiger partial charge in [-0.15, -0.1) is 0 Å². The van der Waals surface area contributed by atoms with Crippen molar-refractivity contribution in [2.24, 2.45) is 16.6 Å². The van der Waals surface area contributed by atoms with Crippen molar-refractivity contribution in [2.75, 3.05) is 6.61 Å². The van der Waals surface area contributed by atoms with Crippen LogP contribution >= 0.6 is 27.5 Å². The monoisotopic (exact) mass is 490 g/mol. The Balaban J connectivity index is 1.43. The first-order valence-corrected chi connectivity index (χ1v) is 11.0. The van der Waals surface area contributed by atoms with Crippen molar-refractivity contribution in [3.63, 3.8) is 0 Å². The summed E-state index contributed by atoms with van der Waals surface area (Å²) < 4.78 is 12.9. The highest BCUT2D eigenvalue weighted by molar-refractivity contribution is 9.10. The van der Waals surface area contributed by atoms with E-state index in [1.54, 1.807) is 12.1 Å². The third kappa shape index (κ3) is 3.32. The van der Waals surface area contributed by atoms with Crippen molar-refractivity contribution in [1.29, 1.82) is 0 Å². The van der Waals surface area contributed by atoms with Gasteiger partial charge in [0.15, 0.2) is 0 Å². The summed E-state index contributed by atoms with van der Waals surface area (Å²) in [5.41, 5.74) is 6.64. The average molecular weight is 492 g/mol. The largest absolute Gasteiger partial charge is 0.490 e. The second-order valence-corrected chi connectivity index (χ2v) is 9.26. The Hall–Kier alpha value is -2.32. The zero-order valence-corrected chi connectivity index (χ0v) is 18.3. The molecule has 3 aliphatic rings. The summed E-state index contributed by atoms with van der Waals surface area (Å²) in [7, 11) is 0. The number of fused-ring (bicyclic) bond motifs is 4. The summed E-state index contributed by atoms with van der Waals surface area (Å²) in [6.45, 7) is 0.367. The van der Waals surface area contributed by atoms with Crippen LogP contribution in [0, 0.1) is 5.92 Å². The van der Waals surface area contributed by atoms with Gasteiger partial charge in [0.2, 0.25) is 0 Å². The minimum Gasteiger partial charge on any atom is -0.490 e. The molecule has 1 amide bonds. The molecular formula is C21H20BrClN4O3. The number of nitrogens with two attached hydrogens (primary N) is 1. The molecule has 156 valence electrons. The summed E-state index contributed by atoms with van der Waals surface area (Å²) in [6.07, 6.45) is 3.77. The molecule has 1 aromatic heterocycles. The molecule has 1 fully saturated rings. The third-order valence-corrected chi connectivity index (χ3v) is 6.85. The number of halogens is 2. The second kappa shape index (κ2) is 7.42. The Labute approximate surface area is 187 Å². The fourth-order valence-electron chi connectivity index (χ4n) is 4.77. The van der Waals surface area contributed by atoms with Gasteiger partial charge in [-0.1, -0.05) is 27.5 Å². The number of amides is 1. The Morgan fingerprint density at radius 1 is 1.30 bits per heavy atom. The van der Waals surface area contributed by atoms with E-state index < -0.39 is 5.54 Å². The van der Waals surface area contributed by atoms with Gasteiger partial charge in [-0.05, 0) is 49.6 Å². The number of amidine groups is 1. The van der Waals surface area contributed by atoms with Crippen LogP contribution in [0.2, 0.25) is 5.02 Å². The number of nitrogens with zero attached hydrogens (tertiary/aromatic N) is 2. The van der Waals surface area contributed by atoms with Crippen LogP contribution in [0.4, 0.5) is 0 Å². The predicted octanol–water partition coefficient (Wildman–Crippen LogP) is 3.40. The molecule has 1 aromatic carbocycles. The molecule has 3 heterocycles. The van der Waals surface area contributed by atoms with Gasteiger partial charge < -0.3 is 20.5 Å². The zero-order valence-electron chi connectivity index (χ0n) is 16.0. The number of aromatic nitrogens is 1. The van der Waals surface area contributed by atoms with E-state index in [4.69, 9.17) is 31.8 Å². The SMILES string of the molecule is NC1=N[C@@]2(CO1)c1cc(Br)ccc1O[C@H]1CC[C@@H](NC(=O)c3ccc(Cl)cn3)C[C@@H]12. The number of rotatable bonds is 2. The fraction of sp³-hybridized carbons (Fsp3) is 0.381. The molecule has 0 saturated heterocycles. The first-order valence-electron chi connectivity index (χ1n) is 9.82. The van der Waals surface area contributed by atoms with Crippen LogP contribution in [0.3, 0.4) is 0 Å². The molecule has 0 radical (unpaired) electrons. The van der Waals surface area contributed by atoms with Gasteiger partial charge in [0.05, 0.1) is 5.02 Å². The maximum absolute atomic E-state index is 12.7. The van der Waals surface area contributed by atoms with Crippen LogP contribution in [-0.2, 0) is 10.3 Å². The van der Waals surface area contributed by atoms with E-state index in [2.05, 4.69) is 26.2 Å². The highest BCUT2D eigenvalue weighted by Crippen LogP contribution is 2.52. The van der Waals surface area contributed by atoms with E-state index in [1.165, 1.54) is 6.20 Å². The quantitative estimate of drug-likeness (QED) is 0.671. The Kier molecular flexibility index (Phi) is 4.86. The molecule has 3 N–H and O–H groups in total.